The minimum absolute atomic E-state index is 0.0518. The van der Waals surface area contributed by atoms with Gasteiger partial charge < -0.3 is 19.5 Å². The standard InChI is InChI=1S/C28H29ClFN5O2/c1-32(2)21-5-4-10-34(17-21)26-14-19(8-9-31-26)23-16-20(30)15-22(27(23)36)18-6-7-25(24(29)13-18)35-12-11-33(3)28(35)37/h6-9,11-16,21,36H,4-5,10,17H2,1-3H3/t21-/m0/s1. The molecule has 7 nitrogen and oxygen atoms in total. The average molecular weight is 522 g/mol. The number of phenolic OH excluding ortho intramolecular Hbond substituents is 1. The second kappa shape index (κ2) is 10.0. The predicted molar refractivity (Wildman–Crippen MR) is 145 cm³/mol. The number of hydrogen-bond donors (Lipinski definition) is 1. The number of aromatic hydroxyl groups is 1. The van der Waals surface area contributed by atoms with Gasteiger partial charge in [-0.05, 0) is 74.5 Å². The van der Waals surface area contributed by atoms with Crippen molar-refractivity contribution in [1.82, 2.24) is 19.0 Å². The van der Waals surface area contributed by atoms with Crippen LogP contribution in [-0.2, 0) is 7.05 Å². The number of halogens is 2. The molecule has 1 aliphatic rings. The smallest absolute Gasteiger partial charge is 0.332 e. The van der Waals surface area contributed by atoms with Gasteiger partial charge in [-0.25, -0.2) is 14.2 Å². The van der Waals surface area contributed by atoms with E-state index < -0.39 is 5.82 Å². The number of phenols is 1. The Morgan fingerprint density at radius 1 is 1.08 bits per heavy atom. The molecule has 0 bridgehead atoms. The first-order valence-electron chi connectivity index (χ1n) is 12.2. The van der Waals surface area contributed by atoms with Crippen molar-refractivity contribution >= 4 is 17.4 Å². The van der Waals surface area contributed by atoms with Gasteiger partial charge in [0.25, 0.3) is 0 Å². The fraction of sp³-hybridized carbons (Fsp3) is 0.286. The lowest BCUT2D eigenvalue weighted by Gasteiger charge is -2.36. The first-order chi connectivity index (χ1) is 17.7. The second-order valence-electron chi connectivity index (χ2n) is 9.69. The van der Waals surface area contributed by atoms with Gasteiger partial charge >= 0.3 is 5.69 Å². The van der Waals surface area contributed by atoms with Gasteiger partial charge in [-0.2, -0.15) is 0 Å². The molecule has 1 aliphatic heterocycles. The Balaban J connectivity index is 1.51. The maximum absolute atomic E-state index is 14.9. The fourth-order valence-corrected chi connectivity index (χ4v) is 5.17. The zero-order valence-electron chi connectivity index (χ0n) is 21.0. The molecule has 192 valence electrons. The molecule has 0 aliphatic carbocycles. The highest BCUT2D eigenvalue weighted by atomic mass is 35.5. The van der Waals surface area contributed by atoms with Gasteiger partial charge in [0.2, 0.25) is 0 Å². The van der Waals surface area contributed by atoms with Crippen LogP contribution in [-0.4, -0.2) is 57.4 Å². The van der Waals surface area contributed by atoms with E-state index in [4.69, 9.17) is 11.6 Å². The number of nitrogens with zero attached hydrogens (tertiary/aromatic N) is 5. The highest BCUT2D eigenvalue weighted by Crippen LogP contribution is 2.41. The molecule has 4 aromatic rings. The summed E-state index contributed by atoms with van der Waals surface area (Å²) in [5.41, 5.74) is 2.17. The summed E-state index contributed by atoms with van der Waals surface area (Å²) in [5.74, 6) is 0.269. The van der Waals surface area contributed by atoms with E-state index in [0.717, 1.165) is 31.7 Å². The predicted octanol–water partition coefficient (Wildman–Crippen LogP) is 4.93. The fourth-order valence-electron chi connectivity index (χ4n) is 4.90. The van der Waals surface area contributed by atoms with E-state index in [1.165, 1.54) is 21.3 Å². The van der Waals surface area contributed by atoms with Crippen molar-refractivity contribution in [2.24, 2.45) is 7.05 Å². The maximum atomic E-state index is 14.9. The minimum atomic E-state index is -0.480. The van der Waals surface area contributed by atoms with E-state index in [1.54, 1.807) is 49.9 Å². The van der Waals surface area contributed by atoms with Gasteiger partial charge in [-0.15, -0.1) is 0 Å². The number of benzene rings is 2. The summed E-state index contributed by atoms with van der Waals surface area (Å²) in [6.07, 6.45) is 7.17. The Bertz CT molecular complexity index is 1510. The Labute approximate surface area is 220 Å². The molecular weight excluding hydrogens is 493 g/mol. The summed E-state index contributed by atoms with van der Waals surface area (Å²) in [6.45, 7) is 1.76. The summed E-state index contributed by atoms with van der Waals surface area (Å²) in [7, 11) is 5.83. The van der Waals surface area contributed by atoms with Gasteiger partial charge in [-0.1, -0.05) is 17.7 Å². The molecule has 5 rings (SSSR count). The highest BCUT2D eigenvalue weighted by Gasteiger charge is 2.23. The first kappa shape index (κ1) is 25.0. The topological polar surface area (TPSA) is 66.5 Å². The van der Waals surface area contributed by atoms with E-state index in [1.807, 2.05) is 6.07 Å². The third kappa shape index (κ3) is 4.86. The molecule has 2 aromatic heterocycles. The Morgan fingerprint density at radius 2 is 1.81 bits per heavy atom. The van der Waals surface area contributed by atoms with Gasteiger partial charge in [0.05, 0.1) is 10.7 Å². The number of aryl methyl sites for hydroxylation is 1. The van der Waals surface area contributed by atoms with Crippen molar-refractivity contribution in [3.63, 3.8) is 0 Å². The molecule has 1 atom stereocenters. The van der Waals surface area contributed by atoms with Crippen molar-refractivity contribution < 1.29 is 9.50 Å². The number of pyridine rings is 1. The van der Waals surface area contributed by atoms with Crippen molar-refractivity contribution in [3.8, 4) is 33.7 Å². The summed E-state index contributed by atoms with van der Waals surface area (Å²) < 4.78 is 17.7. The molecule has 2 aromatic carbocycles. The number of rotatable bonds is 5. The summed E-state index contributed by atoms with van der Waals surface area (Å²) in [6, 6.07) is 11.7. The maximum Gasteiger partial charge on any atom is 0.332 e. The third-order valence-corrected chi connectivity index (χ3v) is 7.35. The molecule has 3 heterocycles. The number of aromatic nitrogens is 3. The number of piperidine rings is 1. The van der Waals surface area contributed by atoms with E-state index in [-0.39, 0.29) is 11.4 Å². The van der Waals surface area contributed by atoms with Crippen LogP contribution in [0.5, 0.6) is 5.75 Å². The van der Waals surface area contributed by atoms with Crippen LogP contribution in [0.3, 0.4) is 0 Å². The molecule has 9 heteroatoms. The zero-order chi connectivity index (χ0) is 26.3. The lowest BCUT2D eigenvalue weighted by atomic mass is 9.97. The molecule has 0 unspecified atom stereocenters. The van der Waals surface area contributed by atoms with Crippen molar-refractivity contribution in [3.05, 3.63) is 82.4 Å². The monoisotopic (exact) mass is 521 g/mol. The molecule has 0 saturated carbocycles. The minimum Gasteiger partial charge on any atom is -0.507 e. The molecular formula is C28H29ClFN5O2. The largest absolute Gasteiger partial charge is 0.507 e. The Hall–Kier alpha value is -3.62. The first-order valence-corrected chi connectivity index (χ1v) is 12.6. The number of anilines is 1. The van der Waals surface area contributed by atoms with Gasteiger partial charge in [0.15, 0.2) is 0 Å². The molecule has 0 spiro atoms. The van der Waals surface area contributed by atoms with E-state index >= 15 is 0 Å². The van der Waals surface area contributed by atoms with Crippen LogP contribution in [0.25, 0.3) is 27.9 Å². The molecule has 1 saturated heterocycles. The highest BCUT2D eigenvalue weighted by molar-refractivity contribution is 6.32. The molecule has 37 heavy (non-hydrogen) atoms. The number of likely N-dealkylation sites (N-methyl/N-ethyl adjacent to an activating group) is 1. The van der Waals surface area contributed by atoms with E-state index in [0.29, 0.717) is 39.0 Å². The van der Waals surface area contributed by atoms with Crippen LogP contribution >= 0.6 is 11.6 Å². The average Bonchev–Trinajstić information content (AvgIpc) is 3.23. The van der Waals surface area contributed by atoms with Crippen LogP contribution in [0.1, 0.15) is 12.8 Å². The van der Waals surface area contributed by atoms with Crippen molar-refractivity contribution in [2.45, 2.75) is 18.9 Å². The lowest BCUT2D eigenvalue weighted by molar-refractivity contribution is 0.257. The number of hydrogen-bond acceptors (Lipinski definition) is 5. The summed E-state index contributed by atoms with van der Waals surface area (Å²) in [4.78, 5) is 21.4. The van der Waals surface area contributed by atoms with E-state index in [2.05, 4.69) is 28.9 Å². The lowest BCUT2D eigenvalue weighted by Crippen LogP contribution is -2.45. The quantitative estimate of drug-likeness (QED) is 0.403. The molecule has 0 radical (unpaired) electrons. The van der Waals surface area contributed by atoms with Crippen LogP contribution in [0, 0.1) is 5.82 Å². The molecule has 0 amide bonds. The second-order valence-corrected chi connectivity index (χ2v) is 10.1. The van der Waals surface area contributed by atoms with Crippen LogP contribution in [0.4, 0.5) is 10.2 Å². The summed E-state index contributed by atoms with van der Waals surface area (Å²) >= 11 is 6.52. The molecule has 1 N–H and O–H groups in total. The van der Waals surface area contributed by atoms with Crippen LogP contribution in [0.2, 0.25) is 5.02 Å². The zero-order valence-corrected chi connectivity index (χ0v) is 21.8. The van der Waals surface area contributed by atoms with Crippen LogP contribution < -0.4 is 10.6 Å². The molecule has 1 fully saturated rings. The van der Waals surface area contributed by atoms with Gasteiger partial charge in [-0.3, -0.25) is 4.57 Å². The summed E-state index contributed by atoms with van der Waals surface area (Å²) in [5, 5.41) is 11.6. The van der Waals surface area contributed by atoms with Crippen molar-refractivity contribution in [1.29, 1.82) is 0 Å². The number of imidazole rings is 1. The van der Waals surface area contributed by atoms with Crippen LogP contribution in [0.15, 0.2) is 65.8 Å². The third-order valence-electron chi connectivity index (χ3n) is 7.05. The SMILES string of the molecule is CN(C)[C@H]1CCCN(c2cc(-c3cc(F)cc(-c4ccc(-n5ccn(C)c5=O)c(Cl)c4)c3O)ccn2)C1. The van der Waals surface area contributed by atoms with Gasteiger partial charge in [0.1, 0.15) is 17.4 Å². The Morgan fingerprint density at radius 3 is 2.46 bits per heavy atom. The van der Waals surface area contributed by atoms with E-state index in [9.17, 15) is 14.3 Å². The Kier molecular flexibility index (Phi) is 6.79. The van der Waals surface area contributed by atoms with Crippen molar-refractivity contribution in [2.75, 3.05) is 32.1 Å². The normalized spacial score (nSPS) is 15.9. The van der Waals surface area contributed by atoms with Gasteiger partial charge in [0, 0.05) is 55.9 Å².